The van der Waals surface area contributed by atoms with E-state index < -0.39 is 0 Å². The Kier molecular flexibility index (Phi) is 2.78. The fraction of sp³-hybridized carbons (Fsp3) is 0.333. The lowest BCUT2D eigenvalue weighted by Crippen LogP contribution is -1.89. The molecule has 2 nitrogen and oxygen atoms in total. The maximum atomic E-state index is 4.20. The van der Waals surface area contributed by atoms with Gasteiger partial charge in [0.2, 0.25) is 0 Å². The van der Waals surface area contributed by atoms with E-state index in [9.17, 15) is 0 Å². The summed E-state index contributed by atoms with van der Waals surface area (Å²) in [7, 11) is 0. The molecule has 0 saturated carbocycles. The van der Waals surface area contributed by atoms with Crippen LogP contribution in [0.2, 0.25) is 0 Å². The molecular weight excluding hydrogens is 136 g/mol. The SMILES string of the molecule is CC=Cc1cnc(CC)cn1. The van der Waals surface area contributed by atoms with Crippen molar-refractivity contribution in [3.8, 4) is 0 Å². The van der Waals surface area contributed by atoms with E-state index >= 15 is 0 Å². The van der Waals surface area contributed by atoms with E-state index in [1.807, 2.05) is 25.3 Å². The predicted octanol–water partition coefficient (Wildman–Crippen LogP) is 2.07. The normalized spacial score (nSPS) is 10.7. The molecule has 0 radical (unpaired) electrons. The van der Waals surface area contributed by atoms with Gasteiger partial charge in [0.05, 0.1) is 17.6 Å². The zero-order chi connectivity index (χ0) is 8.10. The molecule has 0 saturated heterocycles. The van der Waals surface area contributed by atoms with Crippen molar-refractivity contribution in [1.82, 2.24) is 9.97 Å². The summed E-state index contributed by atoms with van der Waals surface area (Å²) >= 11 is 0. The third-order valence-corrected chi connectivity index (χ3v) is 1.42. The first-order valence-electron chi connectivity index (χ1n) is 3.80. The number of aryl methyl sites for hydroxylation is 1. The van der Waals surface area contributed by atoms with Gasteiger partial charge in [-0.3, -0.25) is 9.97 Å². The Morgan fingerprint density at radius 2 is 2.18 bits per heavy atom. The quantitative estimate of drug-likeness (QED) is 0.641. The van der Waals surface area contributed by atoms with Crippen molar-refractivity contribution in [2.75, 3.05) is 0 Å². The molecule has 1 heterocycles. The van der Waals surface area contributed by atoms with Gasteiger partial charge in [0, 0.05) is 6.20 Å². The molecule has 1 aromatic heterocycles. The molecule has 1 rings (SSSR count). The summed E-state index contributed by atoms with van der Waals surface area (Å²) in [6.45, 7) is 4.04. The third kappa shape index (κ3) is 2.15. The molecular formula is C9H12N2. The summed E-state index contributed by atoms with van der Waals surface area (Å²) in [5, 5.41) is 0. The van der Waals surface area contributed by atoms with E-state index in [0.29, 0.717) is 0 Å². The Bertz CT molecular complexity index is 236. The first kappa shape index (κ1) is 7.92. The molecule has 11 heavy (non-hydrogen) atoms. The van der Waals surface area contributed by atoms with Gasteiger partial charge in [-0.2, -0.15) is 0 Å². The lowest BCUT2D eigenvalue weighted by atomic mass is 10.3. The minimum Gasteiger partial charge on any atom is -0.257 e. The predicted molar refractivity (Wildman–Crippen MR) is 46.1 cm³/mol. The number of aromatic nitrogens is 2. The minimum absolute atomic E-state index is 0.921. The van der Waals surface area contributed by atoms with Crippen LogP contribution in [0.4, 0.5) is 0 Å². The van der Waals surface area contributed by atoms with Gasteiger partial charge in [0.1, 0.15) is 0 Å². The van der Waals surface area contributed by atoms with Crippen molar-refractivity contribution >= 4 is 6.08 Å². The van der Waals surface area contributed by atoms with Crippen LogP contribution in [-0.4, -0.2) is 9.97 Å². The van der Waals surface area contributed by atoms with Gasteiger partial charge in [0.25, 0.3) is 0 Å². The van der Waals surface area contributed by atoms with E-state index in [2.05, 4.69) is 16.9 Å². The van der Waals surface area contributed by atoms with Crippen LogP contribution in [-0.2, 0) is 6.42 Å². The first-order chi connectivity index (χ1) is 5.36. The van der Waals surface area contributed by atoms with E-state index in [0.717, 1.165) is 17.8 Å². The van der Waals surface area contributed by atoms with Gasteiger partial charge in [0.15, 0.2) is 0 Å². The zero-order valence-corrected chi connectivity index (χ0v) is 6.91. The number of allylic oxidation sites excluding steroid dienone is 1. The maximum Gasteiger partial charge on any atom is 0.0809 e. The second kappa shape index (κ2) is 3.86. The maximum absolute atomic E-state index is 4.20. The fourth-order valence-corrected chi connectivity index (χ4v) is 0.804. The molecule has 0 fully saturated rings. The zero-order valence-electron chi connectivity index (χ0n) is 6.91. The molecule has 2 heteroatoms. The molecule has 0 N–H and O–H groups in total. The van der Waals surface area contributed by atoms with Crippen LogP contribution in [0.15, 0.2) is 18.5 Å². The fourth-order valence-electron chi connectivity index (χ4n) is 0.804. The van der Waals surface area contributed by atoms with Crippen LogP contribution in [0.3, 0.4) is 0 Å². The van der Waals surface area contributed by atoms with Crippen molar-refractivity contribution in [3.63, 3.8) is 0 Å². The lowest BCUT2D eigenvalue weighted by Gasteiger charge is -1.94. The third-order valence-electron chi connectivity index (χ3n) is 1.42. The average Bonchev–Trinajstić information content (AvgIpc) is 2.07. The van der Waals surface area contributed by atoms with Gasteiger partial charge < -0.3 is 0 Å². The smallest absolute Gasteiger partial charge is 0.0809 e. The Hall–Kier alpha value is -1.18. The second-order valence-corrected chi connectivity index (χ2v) is 2.29. The monoisotopic (exact) mass is 148 g/mol. The molecule has 0 aliphatic rings. The largest absolute Gasteiger partial charge is 0.257 e. The molecule has 0 bridgehead atoms. The highest BCUT2D eigenvalue weighted by Crippen LogP contribution is 1.97. The van der Waals surface area contributed by atoms with Crippen molar-refractivity contribution in [3.05, 3.63) is 29.9 Å². The van der Waals surface area contributed by atoms with Crippen LogP contribution in [0.25, 0.3) is 6.08 Å². The summed E-state index contributed by atoms with van der Waals surface area (Å²) in [4.78, 5) is 8.39. The summed E-state index contributed by atoms with van der Waals surface area (Å²) in [6.07, 6.45) is 8.44. The van der Waals surface area contributed by atoms with Crippen molar-refractivity contribution in [2.24, 2.45) is 0 Å². The average molecular weight is 148 g/mol. The van der Waals surface area contributed by atoms with E-state index in [-0.39, 0.29) is 0 Å². The molecule has 1 aromatic rings. The van der Waals surface area contributed by atoms with Crippen LogP contribution >= 0.6 is 0 Å². The van der Waals surface area contributed by atoms with E-state index in [1.54, 1.807) is 6.20 Å². The molecule has 0 aliphatic heterocycles. The molecule has 0 amide bonds. The van der Waals surface area contributed by atoms with Crippen LogP contribution in [0.5, 0.6) is 0 Å². The standard InChI is InChI=1S/C9H12N2/c1-3-5-9-7-10-8(4-2)6-11-9/h3,5-7H,4H2,1-2H3. The molecule has 0 spiro atoms. The van der Waals surface area contributed by atoms with E-state index in [4.69, 9.17) is 0 Å². The molecule has 0 unspecified atom stereocenters. The summed E-state index contributed by atoms with van der Waals surface area (Å²) in [5.41, 5.74) is 1.96. The van der Waals surface area contributed by atoms with Gasteiger partial charge in [-0.05, 0) is 19.4 Å². The van der Waals surface area contributed by atoms with Gasteiger partial charge in [-0.1, -0.05) is 13.0 Å². The molecule has 0 aromatic carbocycles. The Balaban J connectivity index is 2.82. The van der Waals surface area contributed by atoms with Crippen molar-refractivity contribution < 1.29 is 0 Å². The highest BCUT2D eigenvalue weighted by atomic mass is 14.8. The van der Waals surface area contributed by atoms with Gasteiger partial charge in [-0.15, -0.1) is 0 Å². The molecule has 58 valence electrons. The number of rotatable bonds is 2. The summed E-state index contributed by atoms with van der Waals surface area (Å²) < 4.78 is 0. The molecule has 0 aliphatic carbocycles. The van der Waals surface area contributed by atoms with E-state index in [1.165, 1.54) is 0 Å². The summed E-state index contributed by atoms with van der Waals surface area (Å²) in [6, 6.07) is 0. The number of hydrogen-bond donors (Lipinski definition) is 0. The van der Waals surface area contributed by atoms with Crippen LogP contribution in [0, 0.1) is 0 Å². The Morgan fingerprint density at radius 3 is 2.64 bits per heavy atom. The first-order valence-corrected chi connectivity index (χ1v) is 3.80. The highest BCUT2D eigenvalue weighted by molar-refractivity contribution is 5.41. The van der Waals surface area contributed by atoms with Crippen LogP contribution < -0.4 is 0 Å². The lowest BCUT2D eigenvalue weighted by molar-refractivity contribution is 0.994. The van der Waals surface area contributed by atoms with Gasteiger partial charge in [-0.25, -0.2) is 0 Å². The van der Waals surface area contributed by atoms with Crippen molar-refractivity contribution in [1.29, 1.82) is 0 Å². The van der Waals surface area contributed by atoms with Crippen molar-refractivity contribution in [2.45, 2.75) is 20.3 Å². The summed E-state index contributed by atoms with van der Waals surface area (Å²) in [5.74, 6) is 0. The highest BCUT2D eigenvalue weighted by Gasteiger charge is 1.90. The molecule has 0 atom stereocenters. The minimum atomic E-state index is 0.921. The number of hydrogen-bond acceptors (Lipinski definition) is 2. The number of nitrogens with zero attached hydrogens (tertiary/aromatic N) is 2. The second-order valence-electron chi connectivity index (χ2n) is 2.29. The Labute approximate surface area is 67.0 Å². The Morgan fingerprint density at radius 1 is 1.36 bits per heavy atom. The van der Waals surface area contributed by atoms with Crippen LogP contribution in [0.1, 0.15) is 25.2 Å². The van der Waals surface area contributed by atoms with Gasteiger partial charge >= 0.3 is 0 Å². The topological polar surface area (TPSA) is 25.8 Å².